The highest BCUT2D eigenvalue weighted by Crippen LogP contribution is 2.32. The van der Waals surface area contributed by atoms with Gasteiger partial charge in [0.15, 0.2) is 0 Å². The minimum Gasteiger partial charge on any atom is -0.491 e. The fourth-order valence-corrected chi connectivity index (χ4v) is 2.65. The van der Waals surface area contributed by atoms with Gasteiger partial charge in [0.05, 0.1) is 30.9 Å². The number of carbonyl (C=O) groups is 2. The largest absolute Gasteiger partial charge is 0.491 e. The van der Waals surface area contributed by atoms with Crippen molar-refractivity contribution in [1.82, 2.24) is 5.01 Å². The normalized spacial score (nSPS) is 13.7. The molecule has 1 aliphatic rings. The highest BCUT2D eigenvalue weighted by atomic mass is 16.5. The Morgan fingerprint density at radius 2 is 1.75 bits per heavy atom. The van der Waals surface area contributed by atoms with Crippen molar-refractivity contribution in [1.29, 1.82) is 0 Å². The summed E-state index contributed by atoms with van der Waals surface area (Å²) in [6.45, 7) is 1.77. The Morgan fingerprint density at radius 3 is 2.54 bits per heavy atom. The second kappa shape index (κ2) is 6.96. The molecule has 0 aliphatic carbocycles. The summed E-state index contributed by atoms with van der Waals surface area (Å²) in [5.41, 5.74) is 0.777. The fraction of sp³-hybridized carbons (Fsp3) is 0.294. The van der Waals surface area contributed by atoms with Crippen LogP contribution < -0.4 is 10.6 Å². The van der Waals surface area contributed by atoms with E-state index in [0.717, 1.165) is 5.39 Å². The molecule has 0 spiro atoms. The van der Waals surface area contributed by atoms with Crippen LogP contribution in [-0.2, 0) is 9.47 Å². The third-order valence-electron chi connectivity index (χ3n) is 3.78. The van der Waals surface area contributed by atoms with Crippen molar-refractivity contribution in [2.45, 2.75) is 0 Å². The fourth-order valence-electron chi connectivity index (χ4n) is 2.65. The van der Waals surface area contributed by atoms with Gasteiger partial charge in [0, 0.05) is 12.5 Å². The molecule has 0 saturated carbocycles. The number of carbonyl (C=O) groups excluding carboxylic acids is 2. The number of ether oxygens (including phenoxy) is 3. The number of methoxy groups -OCH3 is 1. The van der Waals surface area contributed by atoms with Crippen LogP contribution in [0.2, 0.25) is 0 Å². The SMILES string of the molecule is COCCOCCOc1cc2c3c(cccc3c1)C(=O)N(N)C2=O. The quantitative estimate of drug-likeness (QED) is 0.357. The van der Waals surface area contributed by atoms with Gasteiger partial charge in [-0.15, -0.1) is 0 Å². The van der Waals surface area contributed by atoms with Gasteiger partial charge in [0.2, 0.25) is 0 Å². The van der Waals surface area contributed by atoms with Crippen LogP contribution in [0.15, 0.2) is 30.3 Å². The van der Waals surface area contributed by atoms with Crippen molar-refractivity contribution in [3.05, 3.63) is 41.5 Å². The Kier molecular flexibility index (Phi) is 4.75. The molecule has 3 rings (SSSR count). The first kappa shape index (κ1) is 16.4. The van der Waals surface area contributed by atoms with E-state index in [1.54, 1.807) is 31.4 Å². The number of amides is 2. The lowest BCUT2D eigenvalue weighted by Crippen LogP contribution is -2.45. The van der Waals surface area contributed by atoms with Crippen LogP contribution in [0, 0.1) is 0 Å². The first-order valence-electron chi connectivity index (χ1n) is 7.53. The third-order valence-corrected chi connectivity index (χ3v) is 3.78. The van der Waals surface area contributed by atoms with Gasteiger partial charge in [-0.2, -0.15) is 0 Å². The second-order valence-corrected chi connectivity index (χ2v) is 5.31. The van der Waals surface area contributed by atoms with E-state index in [9.17, 15) is 9.59 Å². The number of hydrazine groups is 1. The summed E-state index contributed by atoms with van der Waals surface area (Å²) >= 11 is 0. The van der Waals surface area contributed by atoms with E-state index < -0.39 is 11.8 Å². The predicted octanol–water partition coefficient (Wildman–Crippen LogP) is 1.35. The van der Waals surface area contributed by atoms with E-state index >= 15 is 0 Å². The standard InChI is InChI=1S/C17H18N2O5/c1-22-5-6-23-7-8-24-12-9-11-3-2-4-13-15(11)14(10-12)17(21)19(18)16(13)20/h2-4,9-10H,5-8,18H2,1H3. The molecule has 0 radical (unpaired) electrons. The van der Waals surface area contributed by atoms with Crippen LogP contribution >= 0.6 is 0 Å². The molecule has 0 aromatic heterocycles. The molecule has 0 saturated heterocycles. The van der Waals surface area contributed by atoms with E-state index in [-0.39, 0.29) is 0 Å². The first-order chi connectivity index (χ1) is 11.6. The van der Waals surface area contributed by atoms with Crippen molar-refractivity contribution in [3.8, 4) is 5.75 Å². The predicted molar refractivity (Wildman–Crippen MR) is 86.8 cm³/mol. The Bertz CT molecular complexity index is 790. The number of rotatable bonds is 7. The van der Waals surface area contributed by atoms with E-state index in [1.165, 1.54) is 0 Å². The number of imide groups is 1. The number of benzene rings is 2. The van der Waals surface area contributed by atoms with Crippen LogP contribution in [0.3, 0.4) is 0 Å². The topological polar surface area (TPSA) is 91.1 Å². The highest BCUT2D eigenvalue weighted by molar-refractivity contribution is 6.25. The van der Waals surface area contributed by atoms with Crippen molar-refractivity contribution < 1.29 is 23.8 Å². The van der Waals surface area contributed by atoms with Gasteiger partial charge in [-0.25, -0.2) is 10.9 Å². The summed E-state index contributed by atoms with van der Waals surface area (Å²) < 4.78 is 15.9. The Hall–Kier alpha value is -2.48. The zero-order chi connectivity index (χ0) is 17.1. The van der Waals surface area contributed by atoms with Crippen molar-refractivity contribution in [2.75, 3.05) is 33.5 Å². The van der Waals surface area contributed by atoms with Crippen LogP contribution in [0.1, 0.15) is 20.7 Å². The van der Waals surface area contributed by atoms with Gasteiger partial charge in [0.1, 0.15) is 12.4 Å². The molecule has 7 heteroatoms. The van der Waals surface area contributed by atoms with Crippen molar-refractivity contribution in [3.63, 3.8) is 0 Å². The summed E-state index contributed by atoms with van der Waals surface area (Å²) in [4.78, 5) is 24.4. The molecule has 0 bridgehead atoms. The summed E-state index contributed by atoms with van der Waals surface area (Å²) in [5, 5.41) is 2.00. The molecule has 2 amide bonds. The Morgan fingerprint density at radius 1 is 1.00 bits per heavy atom. The maximum atomic E-state index is 12.3. The maximum Gasteiger partial charge on any atom is 0.275 e. The molecule has 1 aliphatic heterocycles. The molecule has 2 aromatic carbocycles. The lowest BCUT2D eigenvalue weighted by molar-refractivity contribution is 0.0543. The number of hydrogen-bond donors (Lipinski definition) is 1. The van der Waals surface area contributed by atoms with Crippen molar-refractivity contribution >= 4 is 22.6 Å². The second-order valence-electron chi connectivity index (χ2n) is 5.31. The Balaban J connectivity index is 1.83. The van der Waals surface area contributed by atoms with Crippen LogP contribution in [0.5, 0.6) is 5.75 Å². The highest BCUT2D eigenvalue weighted by Gasteiger charge is 2.31. The molecule has 1 heterocycles. The van der Waals surface area contributed by atoms with Gasteiger partial charge in [0.25, 0.3) is 11.8 Å². The average molecular weight is 330 g/mol. The van der Waals surface area contributed by atoms with Crippen LogP contribution in [-0.4, -0.2) is 50.4 Å². The van der Waals surface area contributed by atoms with E-state index in [1.807, 2.05) is 6.07 Å². The molecule has 2 N–H and O–H groups in total. The van der Waals surface area contributed by atoms with Gasteiger partial charge in [-0.3, -0.25) is 9.59 Å². The zero-order valence-corrected chi connectivity index (χ0v) is 13.3. The average Bonchev–Trinajstić information content (AvgIpc) is 2.60. The van der Waals surface area contributed by atoms with Gasteiger partial charge in [-0.1, -0.05) is 12.1 Å². The molecular weight excluding hydrogens is 312 g/mol. The minimum absolute atomic E-state index is 0.341. The monoisotopic (exact) mass is 330 g/mol. The smallest absolute Gasteiger partial charge is 0.275 e. The lowest BCUT2D eigenvalue weighted by Gasteiger charge is -2.23. The lowest BCUT2D eigenvalue weighted by atomic mass is 9.94. The summed E-state index contributed by atoms with van der Waals surface area (Å²) in [6.07, 6.45) is 0. The maximum absolute atomic E-state index is 12.3. The molecule has 126 valence electrons. The molecular formula is C17H18N2O5. The summed E-state index contributed by atoms with van der Waals surface area (Å²) in [7, 11) is 1.61. The minimum atomic E-state index is -0.537. The molecule has 2 aromatic rings. The number of nitrogens with zero attached hydrogens (tertiary/aromatic N) is 1. The molecule has 0 fully saturated rings. The zero-order valence-electron chi connectivity index (χ0n) is 13.3. The number of hydrogen-bond acceptors (Lipinski definition) is 6. The van der Waals surface area contributed by atoms with Gasteiger partial charge in [-0.05, 0) is 23.6 Å². The number of nitrogens with two attached hydrogens (primary N) is 1. The summed E-state index contributed by atoms with van der Waals surface area (Å²) in [5.74, 6) is 5.08. The van der Waals surface area contributed by atoms with E-state index in [4.69, 9.17) is 20.1 Å². The van der Waals surface area contributed by atoms with E-state index in [0.29, 0.717) is 53.7 Å². The molecule has 0 atom stereocenters. The first-order valence-corrected chi connectivity index (χ1v) is 7.53. The van der Waals surface area contributed by atoms with Gasteiger partial charge >= 0.3 is 0 Å². The van der Waals surface area contributed by atoms with Crippen LogP contribution in [0.25, 0.3) is 10.8 Å². The third kappa shape index (κ3) is 2.96. The molecule has 24 heavy (non-hydrogen) atoms. The van der Waals surface area contributed by atoms with Gasteiger partial charge < -0.3 is 14.2 Å². The Labute approximate surface area is 138 Å². The molecule has 0 unspecified atom stereocenters. The van der Waals surface area contributed by atoms with Crippen LogP contribution in [0.4, 0.5) is 0 Å². The van der Waals surface area contributed by atoms with E-state index in [2.05, 4.69) is 0 Å². The van der Waals surface area contributed by atoms with Crippen molar-refractivity contribution in [2.24, 2.45) is 5.84 Å². The summed E-state index contributed by atoms with van der Waals surface area (Å²) in [6, 6.07) is 8.64. The molecule has 7 nitrogen and oxygen atoms in total.